The summed E-state index contributed by atoms with van der Waals surface area (Å²) in [7, 11) is 1.57. The van der Waals surface area contributed by atoms with Gasteiger partial charge in [-0.1, -0.05) is 18.2 Å². The van der Waals surface area contributed by atoms with Crippen LogP contribution in [0.1, 0.15) is 18.4 Å². The number of hydrogen-bond acceptors (Lipinski definition) is 3. The summed E-state index contributed by atoms with van der Waals surface area (Å²) in [5, 5.41) is 11.6. The minimum atomic E-state index is -0.997. The molecule has 0 aromatic heterocycles. The fraction of sp³-hybridized carbons (Fsp3) is 0.467. The van der Waals surface area contributed by atoms with E-state index in [0.29, 0.717) is 24.8 Å². The van der Waals surface area contributed by atoms with Crippen molar-refractivity contribution < 1.29 is 19.4 Å². The highest BCUT2D eigenvalue weighted by Crippen LogP contribution is 2.29. The van der Waals surface area contributed by atoms with Crippen molar-refractivity contribution in [2.75, 3.05) is 20.2 Å². The maximum absolute atomic E-state index is 12.1. The largest absolute Gasteiger partial charge is 0.496 e. The van der Waals surface area contributed by atoms with E-state index in [2.05, 4.69) is 5.32 Å². The highest BCUT2D eigenvalue weighted by Gasteiger charge is 2.27. The molecule has 0 heterocycles. The number of urea groups is 1. The van der Waals surface area contributed by atoms with E-state index in [1.54, 1.807) is 7.11 Å². The molecule has 1 aliphatic carbocycles. The number of carboxylic acid groups (broad SMARTS) is 1. The summed E-state index contributed by atoms with van der Waals surface area (Å²) >= 11 is 0. The maximum atomic E-state index is 12.1. The number of nitrogens with one attached hydrogen (secondary N) is 1. The topological polar surface area (TPSA) is 78.9 Å². The molecule has 2 rings (SSSR count). The second-order valence-electron chi connectivity index (χ2n) is 5.19. The summed E-state index contributed by atoms with van der Waals surface area (Å²) in [6.07, 6.45) is 2.13. The molecule has 0 radical (unpaired) electrons. The molecule has 1 aromatic rings. The fourth-order valence-corrected chi connectivity index (χ4v) is 2.13. The van der Waals surface area contributed by atoms with Crippen LogP contribution in [0.25, 0.3) is 0 Å². The number of carbonyl (C=O) groups excluding carboxylic acids is 1. The number of amides is 2. The zero-order valence-corrected chi connectivity index (χ0v) is 12.0. The van der Waals surface area contributed by atoms with Gasteiger partial charge >= 0.3 is 12.0 Å². The maximum Gasteiger partial charge on any atom is 0.323 e. The van der Waals surface area contributed by atoms with Gasteiger partial charge in [-0.25, -0.2) is 4.79 Å². The van der Waals surface area contributed by atoms with Crippen LogP contribution in [0.15, 0.2) is 24.3 Å². The lowest BCUT2D eigenvalue weighted by atomic mass is 10.2. The number of hydrogen-bond donors (Lipinski definition) is 2. The van der Waals surface area contributed by atoms with E-state index in [9.17, 15) is 9.59 Å². The number of aliphatic carboxylic acids is 1. The number of rotatable bonds is 7. The Kier molecular flexibility index (Phi) is 5.03. The average molecular weight is 292 g/mol. The minimum Gasteiger partial charge on any atom is -0.496 e. The molecular weight excluding hydrogens is 272 g/mol. The first-order chi connectivity index (χ1) is 10.1. The van der Waals surface area contributed by atoms with Crippen LogP contribution in [-0.4, -0.2) is 42.2 Å². The molecule has 0 saturated heterocycles. The Bertz CT molecular complexity index is 514. The third kappa shape index (κ3) is 4.66. The lowest BCUT2D eigenvalue weighted by molar-refractivity contribution is -0.137. The van der Waals surface area contributed by atoms with Crippen molar-refractivity contribution in [2.24, 2.45) is 5.92 Å². The van der Waals surface area contributed by atoms with Crippen LogP contribution >= 0.6 is 0 Å². The quantitative estimate of drug-likeness (QED) is 0.801. The van der Waals surface area contributed by atoms with E-state index in [1.807, 2.05) is 24.3 Å². The summed E-state index contributed by atoms with van der Waals surface area (Å²) in [6.45, 7) is 0.544. The number of para-hydroxylation sites is 1. The molecule has 114 valence electrons. The van der Waals surface area contributed by atoms with Crippen LogP contribution in [0.2, 0.25) is 0 Å². The molecule has 1 saturated carbocycles. The molecule has 6 heteroatoms. The molecule has 1 aliphatic rings. The van der Waals surface area contributed by atoms with Crippen molar-refractivity contribution in [3.63, 3.8) is 0 Å². The van der Waals surface area contributed by atoms with Gasteiger partial charge in [0.2, 0.25) is 0 Å². The zero-order valence-electron chi connectivity index (χ0n) is 12.0. The molecule has 2 N–H and O–H groups in total. The summed E-state index contributed by atoms with van der Waals surface area (Å²) in [4.78, 5) is 24.3. The van der Waals surface area contributed by atoms with Crippen molar-refractivity contribution in [3.8, 4) is 5.75 Å². The van der Waals surface area contributed by atoms with Gasteiger partial charge < -0.3 is 20.1 Å². The van der Waals surface area contributed by atoms with Crippen molar-refractivity contribution in [1.29, 1.82) is 0 Å². The average Bonchev–Trinajstić information content (AvgIpc) is 3.28. The molecule has 1 fully saturated rings. The van der Waals surface area contributed by atoms with E-state index >= 15 is 0 Å². The Labute approximate surface area is 123 Å². The summed E-state index contributed by atoms with van der Waals surface area (Å²) in [5.74, 6) is 0.147. The standard InChI is InChI=1S/C15H20N2O4/c1-21-13-5-3-2-4-12(13)8-16-15(20)17(10-14(18)19)9-11-6-7-11/h2-5,11H,6-10H2,1H3,(H,16,20)(H,18,19). The van der Waals surface area contributed by atoms with Crippen LogP contribution in [-0.2, 0) is 11.3 Å². The van der Waals surface area contributed by atoms with Gasteiger partial charge in [-0.3, -0.25) is 4.79 Å². The van der Waals surface area contributed by atoms with Crippen LogP contribution in [0.3, 0.4) is 0 Å². The molecule has 0 bridgehead atoms. The lowest BCUT2D eigenvalue weighted by Crippen LogP contribution is -2.43. The zero-order chi connectivity index (χ0) is 15.2. The van der Waals surface area contributed by atoms with Crippen molar-refractivity contribution in [3.05, 3.63) is 29.8 Å². The van der Waals surface area contributed by atoms with Gasteiger partial charge in [-0.05, 0) is 24.8 Å². The van der Waals surface area contributed by atoms with Gasteiger partial charge in [0.05, 0.1) is 7.11 Å². The molecule has 0 aliphatic heterocycles. The molecule has 2 amide bonds. The smallest absolute Gasteiger partial charge is 0.323 e. The molecule has 21 heavy (non-hydrogen) atoms. The van der Waals surface area contributed by atoms with Crippen molar-refractivity contribution in [2.45, 2.75) is 19.4 Å². The number of nitrogens with zero attached hydrogens (tertiary/aromatic N) is 1. The molecule has 1 aromatic carbocycles. The van der Waals surface area contributed by atoms with E-state index in [1.165, 1.54) is 4.90 Å². The van der Waals surface area contributed by atoms with Crippen LogP contribution in [0.4, 0.5) is 4.79 Å². The molecular formula is C15H20N2O4. The van der Waals surface area contributed by atoms with Gasteiger partial charge in [0.1, 0.15) is 12.3 Å². The van der Waals surface area contributed by atoms with Gasteiger partial charge in [0.15, 0.2) is 0 Å². The number of carboxylic acids is 1. The van der Waals surface area contributed by atoms with Gasteiger partial charge in [0.25, 0.3) is 0 Å². The lowest BCUT2D eigenvalue weighted by Gasteiger charge is -2.21. The highest BCUT2D eigenvalue weighted by molar-refractivity contribution is 5.80. The number of methoxy groups -OCH3 is 1. The van der Waals surface area contributed by atoms with Crippen molar-refractivity contribution >= 4 is 12.0 Å². The van der Waals surface area contributed by atoms with Gasteiger partial charge in [0, 0.05) is 18.7 Å². The number of carbonyl (C=O) groups is 2. The first-order valence-electron chi connectivity index (χ1n) is 6.96. The first-order valence-corrected chi connectivity index (χ1v) is 6.96. The summed E-state index contributed by atoms with van der Waals surface area (Å²) in [6, 6.07) is 7.05. The Hall–Kier alpha value is -2.24. The van der Waals surface area contributed by atoms with Crippen LogP contribution in [0.5, 0.6) is 5.75 Å². The Balaban J connectivity index is 1.92. The predicted molar refractivity (Wildman–Crippen MR) is 77.2 cm³/mol. The van der Waals surface area contributed by atoms with Crippen molar-refractivity contribution in [1.82, 2.24) is 10.2 Å². The molecule has 0 unspecified atom stereocenters. The molecule has 0 spiro atoms. The minimum absolute atomic E-state index is 0.270. The normalized spacial score (nSPS) is 13.6. The van der Waals surface area contributed by atoms with E-state index < -0.39 is 5.97 Å². The monoisotopic (exact) mass is 292 g/mol. The Morgan fingerprint density at radius 3 is 2.71 bits per heavy atom. The first kappa shape index (κ1) is 15.2. The SMILES string of the molecule is COc1ccccc1CNC(=O)N(CC(=O)O)CC1CC1. The number of ether oxygens (including phenoxy) is 1. The molecule has 6 nitrogen and oxygen atoms in total. The Morgan fingerprint density at radius 1 is 1.38 bits per heavy atom. The van der Waals surface area contributed by atoms with E-state index in [0.717, 1.165) is 18.4 Å². The summed E-state index contributed by atoms with van der Waals surface area (Å²) < 4.78 is 5.22. The second-order valence-corrected chi connectivity index (χ2v) is 5.19. The van der Waals surface area contributed by atoms with E-state index in [-0.39, 0.29) is 12.6 Å². The van der Waals surface area contributed by atoms with Crippen LogP contribution in [0, 0.1) is 5.92 Å². The Morgan fingerprint density at radius 2 is 2.10 bits per heavy atom. The van der Waals surface area contributed by atoms with E-state index in [4.69, 9.17) is 9.84 Å². The van der Waals surface area contributed by atoms with Gasteiger partial charge in [-0.15, -0.1) is 0 Å². The summed E-state index contributed by atoms with van der Waals surface area (Å²) in [5.41, 5.74) is 0.857. The number of benzene rings is 1. The third-order valence-electron chi connectivity index (χ3n) is 3.41. The third-order valence-corrected chi connectivity index (χ3v) is 3.41. The fourth-order valence-electron chi connectivity index (χ4n) is 2.13. The van der Waals surface area contributed by atoms with Crippen LogP contribution < -0.4 is 10.1 Å². The second kappa shape index (κ2) is 6.97. The molecule has 0 atom stereocenters. The highest BCUT2D eigenvalue weighted by atomic mass is 16.5. The van der Waals surface area contributed by atoms with Gasteiger partial charge in [-0.2, -0.15) is 0 Å². The predicted octanol–water partition coefficient (Wildman–Crippen LogP) is 1.70.